The molecule has 0 saturated heterocycles. The maximum Gasteiger partial charge on any atom is 0.252 e. The highest BCUT2D eigenvalue weighted by atomic mass is 16.1. The molecule has 0 unspecified atom stereocenters. The monoisotopic (exact) mass is 254 g/mol. The number of terminal acetylenes is 1. The van der Waals surface area contributed by atoms with E-state index in [-0.39, 0.29) is 5.56 Å². The SMILES string of the molecule is C#CCCCCNc1cc(=O)n(C)c2ccccc12. The van der Waals surface area contributed by atoms with E-state index in [4.69, 9.17) is 6.42 Å². The lowest BCUT2D eigenvalue weighted by Crippen LogP contribution is -2.17. The zero-order valence-corrected chi connectivity index (χ0v) is 11.1. The maximum absolute atomic E-state index is 11.9. The summed E-state index contributed by atoms with van der Waals surface area (Å²) in [6, 6.07) is 9.57. The van der Waals surface area contributed by atoms with Crippen molar-refractivity contribution in [1.29, 1.82) is 0 Å². The first-order valence-electron chi connectivity index (χ1n) is 6.50. The van der Waals surface area contributed by atoms with Gasteiger partial charge >= 0.3 is 0 Å². The first-order chi connectivity index (χ1) is 9.24. The van der Waals surface area contributed by atoms with Crippen LogP contribution < -0.4 is 10.9 Å². The summed E-state index contributed by atoms with van der Waals surface area (Å²) in [6.45, 7) is 0.832. The van der Waals surface area contributed by atoms with E-state index in [1.165, 1.54) is 0 Å². The topological polar surface area (TPSA) is 34.0 Å². The number of aromatic nitrogens is 1. The van der Waals surface area contributed by atoms with Crippen molar-refractivity contribution in [2.24, 2.45) is 7.05 Å². The molecule has 0 bridgehead atoms. The predicted molar refractivity (Wildman–Crippen MR) is 80.4 cm³/mol. The minimum atomic E-state index is 0.00447. The van der Waals surface area contributed by atoms with Crippen molar-refractivity contribution in [2.75, 3.05) is 11.9 Å². The van der Waals surface area contributed by atoms with Crippen LogP contribution in [0.15, 0.2) is 35.1 Å². The summed E-state index contributed by atoms with van der Waals surface area (Å²) < 4.78 is 1.67. The van der Waals surface area contributed by atoms with Crippen molar-refractivity contribution in [3.8, 4) is 12.3 Å². The van der Waals surface area contributed by atoms with Gasteiger partial charge in [0.25, 0.3) is 5.56 Å². The molecule has 0 radical (unpaired) electrons. The van der Waals surface area contributed by atoms with E-state index in [1.807, 2.05) is 24.3 Å². The van der Waals surface area contributed by atoms with Gasteiger partial charge in [0, 0.05) is 37.2 Å². The lowest BCUT2D eigenvalue weighted by atomic mass is 10.1. The summed E-state index contributed by atoms with van der Waals surface area (Å²) in [5.41, 5.74) is 1.85. The third-order valence-electron chi connectivity index (χ3n) is 3.22. The number of nitrogens with one attached hydrogen (secondary N) is 1. The number of nitrogens with zero attached hydrogens (tertiary/aromatic N) is 1. The largest absolute Gasteiger partial charge is 0.384 e. The van der Waals surface area contributed by atoms with Crippen molar-refractivity contribution < 1.29 is 0 Å². The van der Waals surface area contributed by atoms with E-state index < -0.39 is 0 Å². The van der Waals surface area contributed by atoms with Crippen LogP contribution in [0.25, 0.3) is 10.9 Å². The minimum Gasteiger partial charge on any atom is -0.384 e. The number of rotatable bonds is 5. The molecule has 1 aromatic carbocycles. The van der Waals surface area contributed by atoms with Crippen LogP contribution in [0.4, 0.5) is 5.69 Å². The van der Waals surface area contributed by atoms with E-state index in [1.54, 1.807) is 17.7 Å². The first kappa shape index (κ1) is 13.2. The van der Waals surface area contributed by atoms with Gasteiger partial charge in [-0.25, -0.2) is 0 Å². The summed E-state index contributed by atoms with van der Waals surface area (Å²) >= 11 is 0. The standard InChI is InChI=1S/C16H18N2O/c1-3-4-5-8-11-17-14-12-16(19)18(2)15-10-7-6-9-13(14)15/h1,6-7,9-10,12,17H,4-5,8,11H2,2H3. The molecule has 3 heteroatoms. The molecule has 1 heterocycles. The highest BCUT2D eigenvalue weighted by molar-refractivity contribution is 5.91. The first-order valence-corrected chi connectivity index (χ1v) is 6.50. The molecule has 0 aliphatic rings. The Morgan fingerprint density at radius 1 is 1.32 bits per heavy atom. The van der Waals surface area contributed by atoms with E-state index in [0.29, 0.717) is 0 Å². The summed E-state index contributed by atoms with van der Waals surface area (Å²) in [5, 5.41) is 4.40. The number of unbranched alkanes of at least 4 members (excludes halogenated alkanes) is 2. The lowest BCUT2D eigenvalue weighted by Gasteiger charge is -2.11. The highest BCUT2D eigenvalue weighted by Gasteiger charge is 2.05. The average molecular weight is 254 g/mol. The molecule has 0 saturated carbocycles. The van der Waals surface area contributed by atoms with Crippen LogP contribution in [0.2, 0.25) is 0 Å². The Morgan fingerprint density at radius 2 is 2.11 bits per heavy atom. The molecular weight excluding hydrogens is 236 g/mol. The van der Waals surface area contributed by atoms with E-state index in [2.05, 4.69) is 11.2 Å². The average Bonchev–Trinajstić information content (AvgIpc) is 2.44. The quantitative estimate of drug-likeness (QED) is 0.657. The van der Waals surface area contributed by atoms with Crippen LogP contribution in [0.5, 0.6) is 0 Å². The molecule has 98 valence electrons. The van der Waals surface area contributed by atoms with Gasteiger partial charge in [0.05, 0.1) is 5.52 Å². The third kappa shape index (κ3) is 2.97. The van der Waals surface area contributed by atoms with Gasteiger partial charge in [-0.15, -0.1) is 12.3 Å². The fourth-order valence-corrected chi connectivity index (χ4v) is 2.13. The van der Waals surface area contributed by atoms with Crippen molar-refractivity contribution in [3.63, 3.8) is 0 Å². The molecule has 0 spiro atoms. The number of benzene rings is 1. The van der Waals surface area contributed by atoms with E-state index in [9.17, 15) is 4.79 Å². The number of hydrogen-bond acceptors (Lipinski definition) is 2. The molecule has 0 amide bonds. The Balaban J connectivity index is 2.21. The van der Waals surface area contributed by atoms with Gasteiger partial charge < -0.3 is 9.88 Å². The number of pyridine rings is 1. The number of fused-ring (bicyclic) bond motifs is 1. The zero-order valence-electron chi connectivity index (χ0n) is 11.1. The Bertz CT molecular complexity index is 664. The van der Waals surface area contributed by atoms with E-state index >= 15 is 0 Å². The minimum absolute atomic E-state index is 0.00447. The van der Waals surface area contributed by atoms with Gasteiger partial charge in [0.1, 0.15) is 0 Å². The van der Waals surface area contributed by atoms with Gasteiger partial charge in [0.2, 0.25) is 0 Å². The molecule has 0 atom stereocenters. The molecule has 0 aliphatic heterocycles. The smallest absolute Gasteiger partial charge is 0.252 e. The van der Waals surface area contributed by atoms with Crippen molar-refractivity contribution in [1.82, 2.24) is 4.57 Å². The number of hydrogen-bond donors (Lipinski definition) is 1. The number of aryl methyl sites for hydroxylation is 1. The molecule has 2 rings (SSSR count). The normalized spacial score (nSPS) is 10.3. The lowest BCUT2D eigenvalue weighted by molar-refractivity contribution is 0.789. The fourth-order valence-electron chi connectivity index (χ4n) is 2.13. The summed E-state index contributed by atoms with van der Waals surface area (Å²) in [5.74, 6) is 2.63. The number of anilines is 1. The Hall–Kier alpha value is -2.21. The van der Waals surface area contributed by atoms with Crippen molar-refractivity contribution >= 4 is 16.6 Å². The van der Waals surface area contributed by atoms with Crippen LogP contribution >= 0.6 is 0 Å². The van der Waals surface area contributed by atoms with Crippen molar-refractivity contribution in [2.45, 2.75) is 19.3 Å². The number of para-hydroxylation sites is 1. The fraction of sp³-hybridized carbons (Fsp3) is 0.312. The molecule has 19 heavy (non-hydrogen) atoms. The van der Waals surface area contributed by atoms with Crippen LogP contribution in [-0.4, -0.2) is 11.1 Å². The van der Waals surface area contributed by atoms with Crippen molar-refractivity contribution in [3.05, 3.63) is 40.7 Å². The zero-order chi connectivity index (χ0) is 13.7. The Morgan fingerprint density at radius 3 is 2.89 bits per heavy atom. The molecule has 1 aromatic heterocycles. The second-order valence-electron chi connectivity index (χ2n) is 4.56. The summed E-state index contributed by atoms with van der Waals surface area (Å²) in [4.78, 5) is 11.9. The Labute approximate surface area is 113 Å². The predicted octanol–water partition coefficient (Wildman–Crippen LogP) is 2.75. The van der Waals surface area contributed by atoms with Crippen LogP contribution in [0, 0.1) is 12.3 Å². The molecule has 0 aliphatic carbocycles. The third-order valence-corrected chi connectivity index (χ3v) is 3.22. The van der Waals surface area contributed by atoms with Gasteiger partial charge in [-0.2, -0.15) is 0 Å². The maximum atomic E-state index is 11.9. The van der Waals surface area contributed by atoms with Crippen LogP contribution in [-0.2, 0) is 7.05 Å². The molecule has 1 N–H and O–H groups in total. The molecule has 0 fully saturated rings. The van der Waals surface area contributed by atoms with Gasteiger partial charge in [-0.05, 0) is 18.9 Å². The summed E-state index contributed by atoms with van der Waals surface area (Å²) in [6.07, 6.45) is 8.04. The highest BCUT2D eigenvalue weighted by Crippen LogP contribution is 2.20. The molecule has 3 nitrogen and oxygen atoms in total. The van der Waals surface area contributed by atoms with Crippen LogP contribution in [0.1, 0.15) is 19.3 Å². The molecule has 2 aromatic rings. The van der Waals surface area contributed by atoms with Gasteiger partial charge in [0.15, 0.2) is 0 Å². The summed E-state index contributed by atoms with van der Waals surface area (Å²) in [7, 11) is 1.79. The second kappa shape index (κ2) is 6.10. The van der Waals surface area contributed by atoms with Gasteiger partial charge in [-0.3, -0.25) is 4.79 Å². The second-order valence-corrected chi connectivity index (χ2v) is 4.56. The molecular formula is C16H18N2O. The van der Waals surface area contributed by atoms with Gasteiger partial charge in [-0.1, -0.05) is 18.2 Å². The van der Waals surface area contributed by atoms with Crippen LogP contribution in [0.3, 0.4) is 0 Å². The Kier molecular flexibility index (Phi) is 4.25. The van der Waals surface area contributed by atoms with E-state index in [0.717, 1.165) is 42.4 Å².